The Bertz CT molecular complexity index is 711. The van der Waals surface area contributed by atoms with Crippen molar-refractivity contribution in [2.75, 3.05) is 7.05 Å². The number of nitrogens with one attached hydrogen (secondary N) is 2. The van der Waals surface area contributed by atoms with Crippen LogP contribution in [0.5, 0.6) is 0 Å². The third kappa shape index (κ3) is 3.77. The number of carbonyl (C=O) groups excluding carboxylic acids is 2. The van der Waals surface area contributed by atoms with Gasteiger partial charge in [0.05, 0.1) is 0 Å². The molecule has 22 heavy (non-hydrogen) atoms. The van der Waals surface area contributed by atoms with Gasteiger partial charge in [-0.1, -0.05) is 23.8 Å². The van der Waals surface area contributed by atoms with Crippen molar-refractivity contribution in [3.8, 4) is 0 Å². The van der Waals surface area contributed by atoms with Crippen molar-refractivity contribution in [2.24, 2.45) is 0 Å². The Morgan fingerprint density at radius 3 is 2.64 bits per heavy atom. The van der Waals surface area contributed by atoms with Gasteiger partial charge in [0.25, 0.3) is 5.91 Å². The van der Waals surface area contributed by atoms with Gasteiger partial charge >= 0.3 is 0 Å². The van der Waals surface area contributed by atoms with Crippen LogP contribution in [0.15, 0.2) is 42.7 Å². The number of hydrogen-bond acceptors (Lipinski definition) is 3. The third-order valence-corrected chi connectivity index (χ3v) is 3.37. The van der Waals surface area contributed by atoms with Crippen LogP contribution in [0.3, 0.4) is 0 Å². The molecule has 0 bridgehead atoms. The first-order valence-corrected chi connectivity index (χ1v) is 7.08. The number of pyridine rings is 1. The number of aromatic nitrogens is 1. The molecule has 0 aliphatic rings. The van der Waals surface area contributed by atoms with Crippen molar-refractivity contribution < 1.29 is 14.2 Å². The minimum Gasteiger partial charge on any atom is -0.288 e. The Kier molecular flexibility index (Phi) is 5.01. The molecule has 0 saturated heterocycles. The van der Waals surface area contributed by atoms with E-state index in [1.165, 1.54) is 0 Å². The summed E-state index contributed by atoms with van der Waals surface area (Å²) in [6, 6.07) is 9.23. The maximum absolute atomic E-state index is 12.4. The third-order valence-electron chi connectivity index (χ3n) is 3.37. The predicted molar refractivity (Wildman–Crippen MR) is 83.4 cm³/mol. The molecular formula is C17H20N3O2+. The van der Waals surface area contributed by atoms with Crippen LogP contribution < -0.4 is 15.4 Å². The number of rotatable bonds is 5. The summed E-state index contributed by atoms with van der Waals surface area (Å²) in [5.41, 5.74) is 8.39. The summed E-state index contributed by atoms with van der Waals surface area (Å²) in [4.78, 5) is 24.2. The maximum atomic E-state index is 12.4. The largest absolute Gasteiger partial charge is 0.288 e. The average Bonchev–Trinajstić information content (AvgIpc) is 2.47. The first kappa shape index (κ1) is 15.9. The van der Waals surface area contributed by atoms with E-state index >= 15 is 0 Å². The van der Waals surface area contributed by atoms with Crippen LogP contribution in [0, 0.1) is 13.8 Å². The molecule has 1 aromatic carbocycles. The quantitative estimate of drug-likeness (QED) is 0.497. The lowest BCUT2D eigenvalue weighted by molar-refractivity contribution is -0.683. The molecule has 2 rings (SSSR count). The monoisotopic (exact) mass is 298 g/mol. The highest BCUT2D eigenvalue weighted by Gasteiger charge is 2.16. The lowest BCUT2D eigenvalue weighted by Crippen LogP contribution is -2.40. The van der Waals surface area contributed by atoms with Crippen molar-refractivity contribution in [3.63, 3.8) is 0 Å². The second kappa shape index (κ2) is 6.95. The van der Waals surface area contributed by atoms with Gasteiger partial charge in [-0.2, -0.15) is 4.57 Å². The summed E-state index contributed by atoms with van der Waals surface area (Å²) in [6.45, 7) is 4.13. The second-order valence-electron chi connectivity index (χ2n) is 5.21. The maximum Gasteiger partial charge on any atom is 0.271 e. The highest BCUT2D eigenvalue weighted by molar-refractivity contribution is 5.96. The highest BCUT2D eigenvalue weighted by Crippen LogP contribution is 2.11. The zero-order valence-electron chi connectivity index (χ0n) is 13.0. The molecule has 0 radical (unpaired) electrons. The van der Waals surface area contributed by atoms with Gasteiger partial charge in [0.15, 0.2) is 12.4 Å². The number of benzene rings is 1. The predicted octanol–water partition coefficient (Wildman–Crippen LogP) is 1.34. The second-order valence-corrected chi connectivity index (χ2v) is 5.21. The van der Waals surface area contributed by atoms with E-state index < -0.39 is 0 Å². The van der Waals surface area contributed by atoms with Gasteiger partial charge in [-0.05, 0) is 25.5 Å². The topological polar surface area (TPSA) is 62.1 Å². The van der Waals surface area contributed by atoms with E-state index in [1.54, 1.807) is 36.1 Å². The van der Waals surface area contributed by atoms with E-state index in [1.807, 2.05) is 32.0 Å². The Morgan fingerprint density at radius 2 is 1.95 bits per heavy atom. The molecule has 5 nitrogen and oxygen atoms in total. The number of ketones is 1. The molecule has 2 N–H and O–H groups in total. The summed E-state index contributed by atoms with van der Waals surface area (Å²) in [7, 11) is 1.62. The lowest BCUT2D eigenvalue weighted by Gasteiger charge is -2.05. The Labute approximate surface area is 130 Å². The minimum absolute atomic E-state index is 0.0219. The zero-order valence-corrected chi connectivity index (χ0v) is 13.0. The number of carbonyl (C=O) groups is 2. The molecule has 1 heterocycles. The van der Waals surface area contributed by atoms with Gasteiger partial charge in [-0.3, -0.25) is 15.0 Å². The standard InChI is InChI=1S/C17H19N3O2/c1-12-6-7-15(13(2)9-12)16(21)11-20-8-4-5-14(10-20)17(22)19-18-3/h4-10,18H,11H2,1-3H3/p+1. The zero-order chi connectivity index (χ0) is 16.1. The number of hydrogen-bond donors (Lipinski definition) is 2. The molecule has 0 unspecified atom stereocenters. The SMILES string of the molecule is CNNC(=O)c1ccc[n+](CC(=O)c2ccc(C)cc2C)c1. The van der Waals surface area contributed by atoms with Crippen molar-refractivity contribution in [1.82, 2.24) is 10.9 Å². The summed E-state index contributed by atoms with van der Waals surface area (Å²) in [5.74, 6) is -0.218. The smallest absolute Gasteiger partial charge is 0.271 e. The van der Waals surface area contributed by atoms with Crippen LogP contribution >= 0.6 is 0 Å². The van der Waals surface area contributed by atoms with Crippen LogP contribution in [0.2, 0.25) is 0 Å². The van der Waals surface area contributed by atoms with Gasteiger partial charge in [0.2, 0.25) is 12.3 Å². The number of aryl methyl sites for hydroxylation is 2. The number of hydrazine groups is 1. The van der Waals surface area contributed by atoms with E-state index in [9.17, 15) is 9.59 Å². The van der Waals surface area contributed by atoms with Crippen molar-refractivity contribution >= 4 is 11.7 Å². The molecule has 114 valence electrons. The summed E-state index contributed by atoms with van der Waals surface area (Å²) in [6.07, 6.45) is 3.44. The number of Topliss-reactive ketones (excluding diaryl/α,β-unsaturated/α-hetero) is 1. The van der Waals surface area contributed by atoms with Crippen molar-refractivity contribution in [1.29, 1.82) is 0 Å². The van der Waals surface area contributed by atoms with E-state index in [0.29, 0.717) is 11.1 Å². The van der Waals surface area contributed by atoms with Crippen LogP contribution in [0.4, 0.5) is 0 Å². The average molecular weight is 298 g/mol. The van der Waals surface area contributed by atoms with E-state index in [4.69, 9.17) is 0 Å². The van der Waals surface area contributed by atoms with Gasteiger partial charge < -0.3 is 0 Å². The fourth-order valence-electron chi connectivity index (χ4n) is 2.32. The molecule has 0 atom stereocenters. The molecule has 0 spiro atoms. The molecule has 1 aromatic heterocycles. The van der Waals surface area contributed by atoms with Crippen LogP contribution in [0.1, 0.15) is 31.8 Å². The molecule has 2 aromatic rings. The fraction of sp³-hybridized carbons (Fsp3) is 0.235. The van der Waals surface area contributed by atoms with Crippen LogP contribution in [-0.4, -0.2) is 18.7 Å². The van der Waals surface area contributed by atoms with Gasteiger partial charge in [-0.25, -0.2) is 5.43 Å². The van der Waals surface area contributed by atoms with Crippen LogP contribution in [-0.2, 0) is 6.54 Å². The summed E-state index contributed by atoms with van der Waals surface area (Å²) < 4.78 is 1.71. The van der Waals surface area contributed by atoms with Crippen molar-refractivity contribution in [3.05, 3.63) is 65.0 Å². The minimum atomic E-state index is -0.240. The van der Waals surface area contributed by atoms with Crippen LogP contribution in [0.25, 0.3) is 0 Å². The van der Waals surface area contributed by atoms with Gasteiger partial charge in [-0.15, -0.1) is 0 Å². The first-order chi connectivity index (χ1) is 10.5. The molecule has 5 heteroatoms. The summed E-state index contributed by atoms with van der Waals surface area (Å²) >= 11 is 0. The molecule has 0 fully saturated rings. The molecular weight excluding hydrogens is 278 g/mol. The lowest BCUT2D eigenvalue weighted by atomic mass is 10.0. The van der Waals surface area contributed by atoms with E-state index in [2.05, 4.69) is 10.9 Å². The Morgan fingerprint density at radius 1 is 1.18 bits per heavy atom. The highest BCUT2D eigenvalue weighted by atomic mass is 16.2. The number of nitrogens with zero attached hydrogens (tertiary/aromatic N) is 1. The molecule has 0 aliphatic carbocycles. The summed E-state index contributed by atoms with van der Waals surface area (Å²) in [5, 5.41) is 0. The van der Waals surface area contributed by atoms with E-state index in [-0.39, 0.29) is 18.2 Å². The molecule has 0 saturated carbocycles. The first-order valence-electron chi connectivity index (χ1n) is 7.08. The van der Waals surface area contributed by atoms with Gasteiger partial charge in [0.1, 0.15) is 5.56 Å². The van der Waals surface area contributed by atoms with Crippen molar-refractivity contribution in [2.45, 2.75) is 20.4 Å². The molecule has 1 amide bonds. The normalized spacial score (nSPS) is 10.3. The number of amides is 1. The fourth-order valence-corrected chi connectivity index (χ4v) is 2.32. The molecule has 0 aliphatic heterocycles. The van der Waals surface area contributed by atoms with E-state index in [0.717, 1.165) is 11.1 Å². The van der Waals surface area contributed by atoms with Gasteiger partial charge in [0, 0.05) is 18.7 Å². The Balaban J connectivity index is 2.18. The Hall–Kier alpha value is -2.53.